The number of nitro groups is 1. The molecule has 1 unspecified atom stereocenters. The Morgan fingerprint density at radius 1 is 1.40 bits per heavy atom. The molecule has 1 saturated heterocycles. The van der Waals surface area contributed by atoms with Crippen molar-refractivity contribution in [2.24, 2.45) is 11.8 Å². The monoisotopic (exact) mass is 517 g/mol. The number of non-ortho nitro benzene ring substituents is 1. The fourth-order valence-electron chi connectivity index (χ4n) is 4.75. The van der Waals surface area contributed by atoms with Crippen molar-refractivity contribution in [3.05, 3.63) is 56.9 Å². The summed E-state index contributed by atoms with van der Waals surface area (Å²) < 4.78 is 7.38. The predicted molar refractivity (Wildman–Crippen MR) is 127 cm³/mol. The number of aliphatic hydroxyl groups excluding tert-OH is 1. The molecule has 1 aromatic carbocycles. The van der Waals surface area contributed by atoms with Crippen molar-refractivity contribution in [1.29, 1.82) is 0 Å². The van der Waals surface area contributed by atoms with E-state index < -0.39 is 22.9 Å². The molecule has 0 saturated carbocycles. The first-order chi connectivity index (χ1) is 16.8. The highest BCUT2D eigenvalue weighted by atomic mass is 32.2. The van der Waals surface area contributed by atoms with Gasteiger partial charge in [-0.15, -0.1) is 11.8 Å². The van der Waals surface area contributed by atoms with Gasteiger partial charge in [-0.05, 0) is 24.6 Å². The first kappa shape index (κ1) is 23.8. The van der Waals surface area contributed by atoms with E-state index in [0.717, 1.165) is 15.8 Å². The van der Waals surface area contributed by atoms with E-state index in [1.807, 2.05) is 11.6 Å². The first-order valence-corrected chi connectivity index (χ1v) is 13.0. The average molecular weight is 518 g/mol. The molecule has 2 aromatic rings. The van der Waals surface area contributed by atoms with Crippen LogP contribution < -0.4 is 0 Å². The van der Waals surface area contributed by atoms with E-state index in [1.165, 1.54) is 35.5 Å². The van der Waals surface area contributed by atoms with Crippen LogP contribution in [0.5, 0.6) is 0 Å². The number of β-lactam (4-membered cyclic amide) rings is 1. The number of hydrogen-bond donors (Lipinski definition) is 1. The summed E-state index contributed by atoms with van der Waals surface area (Å²) in [5.41, 5.74) is 0.774. The van der Waals surface area contributed by atoms with Gasteiger partial charge in [-0.3, -0.25) is 14.9 Å². The zero-order valence-electron chi connectivity index (χ0n) is 18.9. The quantitative estimate of drug-likeness (QED) is 0.251. The molecule has 184 valence electrons. The lowest BCUT2D eigenvalue weighted by molar-refractivity contribution is -0.384. The second-order valence-electron chi connectivity index (χ2n) is 8.74. The van der Waals surface area contributed by atoms with Crippen molar-refractivity contribution in [1.82, 2.24) is 19.7 Å². The van der Waals surface area contributed by atoms with Gasteiger partial charge in [-0.1, -0.05) is 18.7 Å². The van der Waals surface area contributed by atoms with Crippen LogP contribution >= 0.6 is 23.5 Å². The molecule has 5 rings (SSSR count). The maximum atomic E-state index is 13.3. The number of rotatable bonds is 7. The molecule has 3 aliphatic heterocycles. The van der Waals surface area contributed by atoms with Gasteiger partial charge in [0.1, 0.15) is 18.6 Å². The maximum absolute atomic E-state index is 13.3. The summed E-state index contributed by atoms with van der Waals surface area (Å²) in [5, 5.41) is 26.3. The Kier molecular flexibility index (Phi) is 6.32. The number of carbonyl (C=O) groups is 2. The van der Waals surface area contributed by atoms with Crippen LogP contribution in [0.15, 0.2) is 46.4 Å². The van der Waals surface area contributed by atoms with E-state index in [2.05, 4.69) is 10.1 Å². The third-order valence-corrected chi connectivity index (χ3v) is 9.29. The number of nitrogens with zero attached hydrogens (tertiary/aromatic N) is 5. The summed E-state index contributed by atoms with van der Waals surface area (Å²) in [6.07, 6.45) is 0.696. The number of amides is 1. The van der Waals surface area contributed by atoms with Crippen LogP contribution in [0.2, 0.25) is 0 Å². The Bertz CT molecular complexity index is 1210. The van der Waals surface area contributed by atoms with Crippen molar-refractivity contribution in [3.63, 3.8) is 0 Å². The third-order valence-electron chi connectivity index (χ3n) is 6.47. The minimum Gasteiger partial charge on any atom is -0.456 e. The Labute approximate surface area is 209 Å². The Morgan fingerprint density at radius 3 is 2.83 bits per heavy atom. The summed E-state index contributed by atoms with van der Waals surface area (Å²) in [4.78, 5) is 43.0. The van der Waals surface area contributed by atoms with Gasteiger partial charge >= 0.3 is 5.97 Å². The molecule has 0 spiro atoms. The number of esters is 1. The normalized spacial score (nSPS) is 26.1. The van der Waals surface area contributed by atoms with Crippen LogP contribution in [0.1, 0.15) is 19.4 Å². The van der Waals surface area contributed by atoms with E-state index in [0.29, 0.717) is 12.1 Å². The SMILES string of the molecule is C[C@@H](O)[C@H]1C(=O)N2C(C(=O)OCc3ccc([N+](=O)[O-])cc3)=C(SC3CSc4ncnn4C3)[C@H](C)[C@H]12. The van der Waals surface area contributed by atoms with Crippen LogP contribution in [-0.4, -0.2) is 64.7 Å². The number of thioether (sulfide) groups is 2. The zero-order valence-corrected chi connectivity index (χ0v) is 20.6. The van der Waals surface area contributed by atoms with Crippen molar-refractivity contribution >= 4 is 41.1 Å². The first-order valence-electron chi connectivity index (χ1n) is 11.1. The van der Waals surface area contributed by atoms with E-state index in [9.17, 15) is 24.8 Å². The summed E-state index contributed by atoms with van der Waals surface area (Å²) in [6.45, 7) is 4.11. The van der Waals surface area contributed by atoms with Gasteiger partial charge in [0.2, 0.25) is 5.91 Å². The van der Waals surface area contributed by atoms with Gasteiger partial charge in [0.05, 0.1) is 29.5 Å². The number of fused-ring (bicyclic) bond motifs is 2. The number of aromatic nitrogens is 3. The standard InChI is InChI=1S/C22H23N5O6S2/c1-11-17-16(12(2)28)20(29)26(17)18(19(11)35-15-7-25-22(34-9-15)23-10-24-25)21(30)33-8-13-3-5-14(6-4-13)27(31)32/h3-6,10-12,15-17,28H,7-9H2,1-2H3/t11-,12-,15?,16-,17-/m1/s1. The molecule has 1 amide bonds. The second-order valence-corrected chi connectivity index (χ2v) is 11.1. The minimum atomic E-state index is -0.823. The predicted octanol–water partition coefficient (Wildman–Crippen LogP) is 2.21. The topological polar surface area (TPSA) is 141 Å². The highest BCUT2D eigenvalue weighted by Gasteiger charge is 2.60. The lowest BCUT2D eigenvalue weighted by atomic mass is 9.79. The van der Waals surface area contributed by atoms with Crippen LogP contribution in [0.3, 0.4) is 0 Å². The number of benzene rings is 1. The smallest absolute Gasteiger partial charge is 0.356 e. The molecule has 1 N–H and O–H groups in total. The Morgan fingerprint density at radius 2 is 2.14 bits per heavy atom. The molecule has 35 heavy (non-hydrogen) atoms. The van der Waals surface area contributed by atoms with Crippen LogP contribution in [-0.2, 0) is 27.5 Å². The summed E-state index contributed by atoms with van der Waals surface area (Å²) in [6, 6.07) is 5.46. The van der Waals surface area contributed by atoms with Crippen molar-refractivity contribution in [3.8, 4) is 0 Å². The number of aliphatic hydroxyl groups is 1. The molecule has 5 atom stereocenters. The molecule has 0 aliphatic carbocycles. The molecule has 0 radical (unpaired) electrons. The molecule has 0 bridgehead atoms. The van der Waals surface area contributed by atoms with Gasteiger partial charge in [-0.2, -0.15) is 5.10 Å². The van der Waals surface area contributed by atoms with Gasteiger partial charge in [-0.25, -0.2) is 14.5 Å². The molecule has 1 fully saturated rings. The average Bonchev–Trinajstić information content (AvgIpc) is 3.38. The van der Waals surface area contributed by atoms with E-state index in [4.69, 9.17) is 4.74 Å². The van der Waals surface area contributed by atoms with E-state index in [-0.39, 0.29) is 41.1 Å². The molecule has 11 nitrogen and oxygen atoms in total. The Hall–Kier alpha value is -2.90. The van der Waals surface area contributed by atoms with Crippen molar-refractivity contribution in [2.45, 2.75) is 49.6 Å². The zero-order chi connectivity index (χ0) is 24.9. The molecular weight excluding hydrogens is 494 g/mol. The van der Waals surface area contributed by atoms with Crippen LogP contribution in [0, 0.1) is 22.0 Å². The number of hydrogen-bond acceptors (Lipinski definition) is 10. The molecule has 1 aromatic heterocycles. The fraction of sp³-hybridized carbons (Fsp3) is 0.455. The van der Waals surface area contributed by atoms with E-state index >= 15 is 0 Å². The van der Waals surface area contributed by atoms with Gasteiger partial charge in [0.25, 0.3) is 5.69 Å². The Balaban J connectivity index is 1.37. The third kappa shape index (κ3) is 4.21. The molecular formula is C22H23N5O6S2. The highest BCUT2D eigenvalue weighted by Crippen LogP contribution is 2.52. The second kappa shape index (κ2) is 9.28. The highest BCUT2D eigenvalue weighted by molar-refractivity contribution is 8.05. The van der Waals surface area contributed by atoms with Crippen molar-refractivity contribution in [2.75, 3.05) is 5.75 Å². The summed E-state index contributed by atoms with van der Waals surface area (Å²) in [7, 11) is 0. The largest absolute Gasteiger partial charge is 0.456 e. The van der Waals surface area contributed by atoms with E-state index in [1.54, 1.807) is 30.4 Å². The number of ether oxygens (including phenoxy) is 1. The van der Waals surface area contributed by atoms with Crippen molar-refractivity contribution < 1.29 is 24.4 Å². The number of nitro benzene ring substituents is 1. The molecule has 13 heteroatoms. The molecule has 3 aliphatic rings. The van der Waals surface area contributed by atoms with Crippen LogP contribution in [0.4, 0.5) is 5.69 Å². The lowest BCUT2D eigenvalue weighted by Crippen LogP contribution is -2.63. The minimum absolute atomic E-state index is 0.0508. The van der Waals surface area contributed by atoms with Gasteiger partial charge in [0, 0.05) is 34.0 Å². The van der Waals surface area contributed by atoms with Gasteiger partial charge in [0.15, 0.2) is 5.16 Å². The maximum Gasteiger partial charge on any atom is 0.356 e. The van der Waals surface area contributed by atoms with Gasteiger partial charge < -0.3 is 14.7 Å². The summed E-state index contributed by atoms with van der Waals surface area (Å²) in [5.74, 6) is -0.832. The lowest BCUT2D eigenvalue weighted by Gasteiger charge is -2.46. The molecule has 4 heterocycles. The number of carbonyl (C=O) groups excluding carboxylic acids is 2. The van der Waals surface area contributed by atoms with Crippen LogP contribution in [0.25, 0.3) is 0 Å². The fourth-order valence-corrected chi connectivity index (χ4v) is 7.29. The summed E-state index contributed by atoms with van der Waals surface area (Å²) >= 11 is 3.14.